The number of rotatable bonds is 4. The molecule has 0 saturated heterocycles. The van der Waals surface area contributed by atoms with Crippen LogP contribution in [0.4, 0.5) is 0 Å². The van der Waals surface area contributed by atoms with E-state index >= 15 is 0 Å². The molecule has 0 aliphatic heterocycles. The average Bonchev–Trinajstić information content (AvgIpc) is 2.24. The van der Waals surface area contributed by atoms with E-state index in [0.29, 0.717) is 5.56 Å². The number of sulfone groups is 1. The normalized spacial score (nSPS) is 11.3. The summed E-state index contributed by atoms with van der Waals surface area (Å²) >= 11 is 0. The Morgan fingerprint density at radius 3 is 2.75 bits per heavy atom. The highest BCUT2D eigenvalue weighted by Gasteiger charge is 2.09. The quantitative estimate of drug-likeness (QED) is 0.457. The van der Waals surface area contributed by atoms with Crippen molar-refractivity contribution in [1.29, 1.82) is 0 Å². The van der Waals surface area contributed by atoms with Gasteiger partial charge in [0.15, 0.2) is 9.84 Å². The Morgan fingerprint density at radius 2 is 2.12 bits per heavy atom. The van der Waals surface area contributed by atoms with Crippen molar-refractivity contribution in [3.63, 3.8) is 0 Å². The van der Waals surface area contributed by atoms with Crippen molar-refractivity contribution < 1.29 is 8.42 Å². The fraction of sp³-hybridized carbons (Fsp3) is 0.200. The minimum absolute atomic E-state index is 0.203. The Morgan fingerprint density at radius 1 is 1.44 bits per heavy atom. The molecule has 0 bridgehead atoms. The summed E-state index contributed by atoms with van der Waals surface area (Å²) in [6.45, 7) is 0.203. The third kappa shape index (κ3) is 3.42. The van der Waals surface area contributed by atoms with E-state index in [2.05, 4.69) is 10.0 Å². The van der Waals surface area contributed by atoms with E-state index in [9.17, 15) is 8.42 Å². The molecule has 0 spiro atoms. The molecule has 0 amide bonds. The summed E-state index contributed by atoms with van der Waals surface area (Å²) in [6, 6.07) is 6.66. The van der Waals surface area contributed by atoms with Crippen LogP contribution in [-0.4, -0.2) is 21.2 Å². The molecule has 0 unspecified atom stereocenters. The van der Waals surface area contributed by atoms with E-state index in [1.54, 1.807) is 36.4 Å². The molecular weight excluding hydrogens is 226 g/mol. The first-order valence-corrected chi connectivity index (χ1v) is 6.41. The molecular formula is C10H11N3O2S. The second-order valence-electron chi connectivity index (χ2n) is 3.13. The molecule has 0 saturated carbocycles. The Labute approximate surface area is 94.0 Å². The van der Waals surface area contributed by atoms with Crippen LogP contribution in [-0.2, 0) is 9.84 Å². The fourth-order valence-corrected chi connectivity index (χ4v) is 2.11. The van der Waals surface area contributed by atoms with Gasteiger partial charge in [-0.05, 0) is 17.2 Å². The summed E-state index contributed by atoms with van der Waals surface area (Å²) in [4.78, 5) is 2.86. The molecule has 1 aromatic rings. The number of hydrogen-bond donors (Lipinski definition) is 0. The van der Waals surface area contributed by atoms with Crippen LogP contribution in [0.25, 0.3) is 16.5 Å². The first kappa shape index (κ1) is 12.3. The zero-order valence-electron chi connectivity index (χ0n) is 8.74. The zero-order valence-corrected chi connectivity index (χ0v) is 9.55. The van der Waals surface area contributed by atoms with Crippen LogP contribution in [0.1, 0.15) is 5.56 Å². The number of hydrogen-bond acceptors (Lipinski definition) is 3. The van der Waals surface area contributed by atoms with E-state index in [4.69, 9.17) is 5.53 Å². The largest absolute Gasteiger partial charge is 0.224 e. The van der Waals surface area contributed by atoms with Crippen LogP contribution in [0, 0.1) is 0 Å². The van der Waals surface area contributed by atoms with E-state index < -0.39 is 9.84 Å². The van der Waals surface area contributed by atoms with Crippen LogP contribution >= 0.6 is 0 Å². The lowest BCUT2D eigenvalue weighted by atomic mass is 10.2. The van der Waals surface area contributed by atoms with E-state index in [0.717, 1.165) is 6.26 Å². The van der Waals surface area contributed by atoms with Gasteiger partial charge in [-0.3, -0.25) is 0 Å². The molecule has 0 atom stereocenters. The second-order valence-corrected chi connectivity index (χ2v) is 5.11. The lowest BCUT2D eigenvalue weighted by Crippen LogP contribution is -1.99. The molecule has 1 aromatic carbocycles. The molecule has 0 aliphatic carbocycles. The van der Waals surface area contributed by atoms with Gasteiger partial charge in [-0.15, -0.1) is 0 Å². The zero-order chi connectivity index (χ0) is 12.0. The minimum atomic E-state index is -3.23. The first-order valence-electron chi connectivity index (χ1n) is 4.52. The summed E-state index contributed by atoms with van der Waals surface area (Å²) in [6.07, 6.45) is 4.40. The Bertz CT molecular complexity index is 543. The van der Waals surface area contributed by atoms with Crippen LogP contribution < -0.4 is 0 Å². The van der Waals surface area contributed by atoms with Gasteiger partial charge in [0.05, 0.1) is 4.90 Å². The predicted molar refractivity (Wildman–Crippen MR) is 62.6 cm³/mol. The molecule has 0 radical (unpaired) electrons. The molecule has 5 nitrogen and oxygen atoms in total. The predicted octanol–water partition coefficient (Wildman–Crippen LogP) is 2.41. The van der Waals surface area contributed by atoms with Gasteiger partial charge in [0.2, 0.25) is 0 Å². The smallest absolute Gasteiger partial charge is 0.176 e. The third-order valence-corrected chi connectivity index (χ3v) is 3.04. The highest BCUT2D eigenvalue weighted by Crippen LogP contribution is 2.16. The lowest BCUT2D eigenvalue weighted by molar-refractivity contribution is 0.601. The van der Waals surface area contributed by atoms with Crippen molar-refractivity contribution in [3.05, 3.63) is 46.3 Å². The van der Waals surface area contributed by atoms with Crippen LogP contribution in [0.2, 0.25) is 0 Å². The molecule has 0 heterocycles. The first-order chi connectivity index (χ1) is 7.55. The molecule has 6 heteroatoms. The van der Waals surface area contributed by atoms with Crippen molar-refractivity contribution in [2.75, 3.05) is 12.8 Å². The molecule has 16 heavy (non-hydrogen) atoms. The Hall–Kier alpha value is -1.78. The molecule has 0 fully saturated rings. The van der Waals surface area contributed by atoms with Gasteiger partial charge in [-0.1, -0.05) is 35.5 Å². The van der Waals surface area contributed by atoms with E-state index in [-0.39, 0.29) is 11.4 Å². The van der Waals surface area contributed by atoms with Crippen molar-refractivity contribution in [2.45, 2.75) is 4.90 Å². The second kappa shape index (κ2) is 5.34. The van der Waals surface area contributed by atoms with Gasteiger partial charge >= 0.3 is 0 Å². The summed E-state index contributed by atoms with van der Waals surface area (Å²) < 4.78 is 22.9. The lowest BCUT2D eigenvalue weighted by Gasteiger charge is -2.02. The van der Waals surface area contributed by atoms with Gasteiger partial charge < -0.3 is 0 Å². The van der Waals surface area contributed by atoms with Crippen LogP contribution in [0.15, 0.2) is 40.4 Å². The topological polar surface area (TPSA) is 82.9 Å². The van der Waals surface area contributed by atoms with E-state index in [1.165, 1.54) is 0 Å². The average molecular weight is 237 g/mol. The molecule has 0 aliphatic rings. The van der Waals surface area contributed by atoms with Gasteiger partial charge in [-0.25, -0.2) is 8.42 Å². The molecule has 1 rings (SSSR count). The number of nitrogens with zero attached hydrogens (tertiary/aromatic N) is 3. The van der Waals surface area contributed by atoms with Crippen molar-refractivity contribution in [2.24, 2.45) is 5.11 Å². The van der Waals surface area contributed by atoms with E-state index in [1.807, 2.05) is 0 Å². The summed E-state index contributed by atoms with van der Waals surface area (Å²) in [5.41, 5.74) is 8.67. The minimum Gasteiger partial charge on any atom is -0.224 e. The van der Waals surface area contributed by atoms with Gasteiger partial charge in [-0.2, -0.15) is 0 Å². The maximum Gasteiger partial charge on any atom is 0.176 e. The molecule has 0 aromatic heterocycles. The number of benzene rings is 1. The van der Waals surface area contributed by atoms with Gasteiger partial charge in [0.25, 0.3) is 0 Å². The fourth-order valence-electron chi connectivity index (χ4n) is 1.22. The van der Waals surface area contributed by atoms with Crippen molar-refractivity contribution in [1.82, 2.24) is 0 Å². The standard InChI is InChI=1S/C10H11N3O2S/c1-16(14,15)10-7-3-2-5-9(10)6-4-8-12-13-11/h2-7H,8H2,1H3. The van der Waals surface area contributed by atoms with Crippen LogP contribution in [0.5, 0.6) is 0 Å². The SMILES string of the molecule is CS(=O)(=O)c1ccccc1C=CCN=[N+]=[N-]. The molecule has 84 valence electrons. The van der Waals surface area contributed by atoms with Gasteiger partial charge in [0.1, 0.15) is 0 Å². The molecule has 0 N–H and O–H groups in total. The van der Waals surface area contributed by atoms with Gasteiger partial charge in [0, 0.05) is 17.7 Å². The Kier molecular flexibility index (Phi) is 4.10. The van der Waals surface area contributed by atoms with Crippen molar-refractivity contribution >= 4 is 15.9 Å². The third-order valence-electron chi connectivity index (χ3n) is 1.87. The highest BCUT2D eigenvalue weighted by molar-refractivity contribution is 7.90. The summed E-state index contributed by atoms with van der Waals surface area (Å²) in [5, 5.41) is 3.32. The van der Waals surface area contributed by atoms with Crippen molar-refractivity contribution in [3.8, 4) is 0 Å². The maximum absolute atomic E-state index is 11.4. The van der Waals surface area contributed by atoms with Crippen LogP contribution in [0.3, 0.4) is 0 Å². The maximum atomic E-state index is 11.4. The summed E-state index contributed by atoms with van der Waals surface area (Å²) in [7, 11) is -3.23. The number of azide groups is 1. The highest BCUT2D eigenvalue weighted by atomic mass is 32.2. The monoisotopic (exact) mass is 237 g/mol. The summed E-state index contributed by atoms with van der Waals surface area (Å²) in [5.74, 6) is 0. The Balaban J connectivity index is 3.05.